The Hall–Kier alpha value is -4.06. The van der Waals surface area contributed by atoms with Crippen LogP contribution in [0.5, 0.6) is 5.75 Å². The van der Waals surface area contributed by atoms with Gasteiger partial charge in [-0.2, -0.15) is 0 Å². The van der Waals surface area contributed by atoms with E-state index in [2.05, 4.69) is 5.32 Å². The van der Waals surface area contributed by atoms with E-state index < -0.39 is 34.1 Å². The Bertz CT molecular complexity index is 1170. The molecule has 1 saturated heterocycles. The van der Waals surface area contributed by atoms with Crippen molar-refractivity contribution >= 4 is 35.2 Å². The molecule has 11 nitrogen and oxygen atoms in total. The molecule has 0 aliphatic carbocycles. The molecule has 2 aromatic carbocycles. The van der Waals surface area contributed by atoms with Crippen LogP contribution < -0.4 is 10.1 Å². The molecule has 1 unspecified atom stereocenters. The second-order valence-corrected chi connectivity index (χ2v) is 8.64. The number of carbonyl (C=O) groups is 3. The summed E-state index contributed by atoms with van der Waals surface area (Å²) in [6, 6.07) is 13.6. The molecule has 0 spiro atoms. The lowest BCUT2D eigenvalue weighted by Gasteiger charge is -2.49. The normalized spacial score (nSPS) is 18.8. The number of hydrogen-bond acceptors (Lipinski definition) is 9. The molecule has 0 bridgehead atoms. The van der Waals surface area contributed by atoms with Gasteiger partial charge in [0.25, 0.3) is 17.5 Å². The predicted molar refractivity (Wildman–Crippen MR) is 124 cm³/mol. The van der Waals surface area contributed by atoms with Gasteiger partial charge in [0.1, 0.15) is 29.5 Å². The van der Waals surface area contributed by atoms with E-state index in [1.165, 1.54) is 48.0 Å². The summed E-state index contributed by atoms with van der Waals surface area (Å²) in [7, 11) is 1.39. The highest BCUT2D eigenvalue weighted by Gasteiger charge is 2.55. The highest BCUT2D eigenvalue weighted by atomic mass is 32.2. The first-order chi connectivity index (χ1) is 16.9. The number of nitrogens with zero attached hydrogens (tertiary/aromatic N) is 2. The van der Waals surface area contributed by atoms with Gasteiger partial charge >= 0.3 is 5.97 Å². The number of nitro groups is 1. The first kappa shape index (κ1) is 24.1. The fraction of sp³-hybridized carbons (Fsp3) is 0.261. The summed E-state index contributed by atoms with van der Waals surface area (Å²) < 4.78 is 16.1. The lowest BCUT2D eigenvalue weighted by atomic mass is 10.0. The zero-order chi connectivity index (χ0) is 24.9. The summed E-state index contributed by atoms with van der Waals surface area (Å²) in [5.74, 6) is -0.577. The van der Waals surface area contributed by atoms with Crippen molar-refractivity contribution < 1.29 is 33.5 Å². The van der Waals surface area contributed by atoms with E-state index in [1.54, 1.807) is 24.3 Å². The Kier molecular flexibility index (Phi) is 7.20. The van der Waals surface area contributed by atoms with Crippen molar-refractivity contribution in [1.82, 2.24) is 10.2 Å². The maximum absolute atomic E-state index is 12.9. The first-order valence-corrected chi connectivity index (χ1v) is 11.5. The van der Waals surface area contributed by atoms with Gasteiger partial charge in [0.05, 0.1) is 17.8 Å². The SMILES string of the molecule is COC1=C(C(=O)OCc2ccc([N+](=O)[O-])cc2)N2C(=O)C(NC(=O)COc3ccccc3)[C@H]2SC1. The Labute approximate surface area is 204 Å². The maximum atomic E-state index is 12.9. The minimum atomic E-state index is -0.817. The molecule has 0 saturated carbocycles. The molecule has 0 aromatic heterocycles. The Morgan fingerprint density at radius 1 is 1.17 bits per heavy atom. The number of carbonyl (C=O) groups excluding carboxylic acids is 3. The van der Waals surface area contributed by atoms with Crippen molar-refractivity contribution in [2.75, 3.05) is 19.5 Å². The number of nitrogens with one attached hydrogen (secondary N) is 1. The van der Waals surface area contributed by atoms with Gasteiger partial charge in [-0.05, 0) is 29.8 Å². The molecule has 0 radical (unpaired) electrons. The highest BCUT2D eigenvalue weighted by molar-refractivity contribution is 8.00. The van der Waals surface area contributed by atoms with Crippen LogP contribution >= 0.6 is 11.8 Å². The zero-order valence-corrected chi connectivity index (χ0v) is 19.4. The average Bonchev–Trinajstić information content (AvgIpc) is 2.88. The third-order valence-electron chi connectivity index (χ3n) is 5.32. The fourth-order valence-corrected chi connectivity index (χ4v) is 4.86. The number of para-hydroxylation sites is 1. The maximum Gasteiger partial charge on any atom is 0.358 e. The van der Waals surface area contributed by atoms with Gasteiger partial charge in [-0.3, -0.25) is 24.6 Å². The van der Waals surface area contributed by atoms with Gasteiger partial charge in [0.15, 0.2) is 12.3 Å². The highest BCUT2D eigenvalue weighted by Crippen LogP contribution is 2.40. The van der Waals surface area contributed by atoms with Gasteiger partial charge in [0.2, 0.25) is 0 Å². The Morgan fingerprint density at radius 2 is 1.89 bits per heavy atom. The molecule has 2 atom stereocenters. The molecule has 2 aromatic rings. The first-order valence-electron chi connectivity index (χ1n) is 10.5. The number of thioether (sulfide) groups is 1. The molecule has 1 fully saturated rings. The van der Waals surface area contributed by atoms with Gasteiger partial charge < -0.3 is 19.5 Å². The number of amides is 2. The minimum absolute atomic E-state index is 0.0193. The number of nitro benzene ring substituents is 1. The fourth-order valence-electron chi connectivity index (χ4n) is 3.55. The summed E-state index contributed by atoms with van der Waals surface area (Å²) in [5.41, 5.74) is 0.447. The molecule has 35 heavy (non-hydrogen) atoms. The molecule has 12 heteroatoms. The van der Waals surface area contributed by atoms with E-state index in [9.17, 15) is 24.5 Å². The van der Waals surface area contributed by atoms with Gasteiger partial charge in [-0.15, -0.1) is 11.8 Å². The molecule has 182 valence electrons. The summed E-state index contributed by atoms with van der Waals surface area (Å²) in [6.07, 6.45) is 0. The summed E-state index contributed by atoms with van der Waals surface area (Å²) >= 11 is 1.35. The van der Waals surface area contributed by atoms with Crippen LogP contribution in [0.1, 0.15) is 5.56 Å². The van der Waals surface area contributed by atoms with Crippen LogP contribution in [0.4, 0.5) is 5.69 Å². The topological polar surface area (TPSA) is 137 Å². The predicted octanol–water partition coefficient (Wildman–Crippen LogP) is 1.97. The van der Waals surface area contributed by atoms with Crippen molar-refractivity contribution in [2.45, 2.75) is 18.0 Å². The van der Waals surface area contributed by atoms with E-state index in [1.807, 2.05) is 6.07 Å². The average molecular weight is 500 g/mol. The molecule has 2 aliphatic heterocycles. The summed E-state index contributed by atoms with van der Waals surface area (Å²) in [6.45, 7) is -0.400. The molecular formula is C23H21N3O8S. The van der Waals surface area contributed by atoms with Crippen LogP contribution in [0, 0.1) is 10.1 Å². The number of benzene rings is 2. The summed E-state index contributed by atoms with van der Waals surface area (Å²) in [4.78, 5) is 49.5. The molecule has 2 aliphatic rings. The van der Waals surface area contributed by atoms with Gasteiger partial charge in [0, 0.05) is 12.1 Å². The van der Waals surface area contributed by atoms with E-state index in [0.29, 0.717) is 17.1 Å². The zero-order valence-electron chi connectivity index (χ0n) is 18.5. The second-order valence-electron chi connectivity index (χ2n) is 7.53. The van der Waals surface area contributed by atoms with Crippen LogP contribution in [0.25, 0.3) is 0 Å². The molecular weight excluding hydrogens is 478 g/mol. The lowest BCUT2D eigenvalue weighted by Crippen LogP contribution is -2.71. The van der Waals surface area contributed by atoms with Crippen molar-refractivity contribution in [3.05, 3.63) is 81.7 Å². The van der Waals surface area contributed by atoms with Crippen LogP contribution in [-0.2, 0) is 30.5 Å². The third kappa shape index (κ3) is 5.22. The van der Waals surface area contributed by atoms with Crippen molar-refractivity contribution in [2.24, 2.45) is 0 Å². The van der Waals surface area contributed by atoms with Gasteiger partial charge in [-0.25, -0.2) is 4.79 Å². The number of β-lactam (4-membered cyclic amide) rings is 1. The lowest BCUT2D eigenvalue weighted by molar-refractivity contribution is -0.384. The number of rotatable bonds is 9. The molecule has 4 rings (SSSR count). The van der Waals surface area contributed by atoms with Crippen LogP contribution in [0.2, 0.25) is 0 Å². The smallest absolute Gasteiger partial charge is 0.358 e. The minimum Gasteiger partial charge on any atom is -0.498 e. The number of non-ortho nitro benzene ring substituents is 1. The van der Waals surface area contributed by atoms with E-state index in [0.717, 1.165) is 0 Å². The summed E-state index contributed by atoms with van der Waals surface area (Å²) in [5, 5.41) is 12.9. The number of methoxy groups -OCH3 is 1. The van der Waals surface area contributed by atoms with Crippen molar-refractivity contribution in [3.63, 3.8) is 0 Å². The van der Waals surface area contributed by atoms with E-state index in [-0.39, 0.29) is 30.4 Å². The molecule has 1 N–H and O–H groups in total. The molecule has 2 heterocycles. The van der Waals surface area contributed by atoms with Gasteiger partial charge in [-0.1, -0.05) is 18.2 Å². The third-order valence-corrected chi connectivity index (χ3v) is 6.57. The van der Waals surface area contributed by atoms with E-state index in [4.69, 9.17) is 14.2 Å². The number of hydrogen-bond donors (Lipinski definition) is 1. The largest absolute Gasteiger partial charge is 0.498 e. The van der Waals surface area contributed by atoms with Crippen LogP contribution in [0.15, 0.2) is 66.1 Å². The second kappa shape index (κ2) is 10.5. The van der Waals surface area contributed by atoms with E-state index >= 15 is 0 Å². The standard InChI is InChI=1S/C23H21N3O8S/c1-32-17-13-35-22-19(24-18(27)12-33-16-5-3-2-4-6-16)21(28)25(22)20(17)23(29)34-11-14-7-9-15(10-8-14)26(30)31/h2-10,19,22H,11-13H2,1H3,(H,24,27)/t19?,22-/m1/s1. The number of fused-ring (bicyclic) bond motifs is 1. The number of ether oxygens (including phenoxy) is 3. The number of esters is 1. The Morgan fingerprint density at radius 3 is 2.54 bits per heavy atom. The monoisotopic (exact) mass is 499 g/mol. The molecule has 2 amide bonds. The van der Waals surface area contributed by atoms with Crippen LogP contribution in [-0.4, -0.2) is 58.5 Å². The van der Waals surface area contributed by atoms with Crippen LogP contribution in [0.3, 0.4) is 0 Å². The van der Waals surface area contributed by atoms with Crippen molar-refractivity contribution in [1.29, 1.82) is 0 Å². The van der Waals surface area contributed by atoms with Crippen molar-refractivity contribution in [3.8, 4) is 5.75 Å². The Balaban J connectivity index is 1.37. The quantitative estimate of drug-likeness (QED) is 0.238.